The Bertz CT molecular complexity index is 693. The summed E-state index contributed by atoms with van der Waals surface area (Å²) in [7, 11) is 0. The molecule has 0 radical (unpaired) electrons. The van der Waals surface area contributed by atoms with E-state index in [2.05, 4.69) is 63.2 Å². The summed E-state index contributed by atoms with van der Waals surface area (Å²) in [6.45, 7) is 7.62. The first-order valence-electron chi connectivity index (χ1n) is 7.37. The maximum atomic E-state index is 5.91. The van der Waals surface area contributed by atoms with Crippen LogP contribution in [0.1, 0.15) is 43.0 Å². The molecule has 2 aromatic rings. The number of hydrogen-bond donors (Lipinski definition) is 0. The number of rotatable bonds is 0. The molecule has 1 atom stereocenters. The van der Waals surface area contributed by atoms with Crippen molar-refractivity contribution in [1.82, 2.24) is 0 Å². The van der Waals surface area contributed by atoms with Crippen LogP contribution < -0.4 is 4.74 Å². The Balaban J connectivity index is 1.80. The van der Waals surface area contributed by atoms with Crippen LogP contribution in [0.15, 0.2) is 42.5 Å². The van der Waals surface area contributed by atoms with Crippen molar-refractivity contribution in [2.45, 2.75) is 38.0 Å². The van der Waals surface area contributed by atoms with E-state index in [1.54, 1.807) is 0 Å². The van der Waals surface area contributed by atoms with Crippen LogP contribution in [-0.2, 0) is 17.3 Å². The lowest BCUT2D eigenvalue weighted by atomic mass is 9.60. The van der Waals surface area contributed by atoms with Crippen molar-refractivity contribution in [1.29, 1.82) is 0 Å². The average molecular weight is 264 g/mol. The van der Waals surface area contributed by atoms with Gasteiger partial charge in [0.1, 0.15) is 12.4 Å². The highest BCUT2D eigenvalue weighted by Gasteiger charge is 2.49. The van der Waals surface area contributed by atoms with E-state index < -0.39 is 0 Å². The van der Waals surface area contributed by atoms with Gasteiger partial charge in [-0.1, -0.05) is 57.2 Å². The normalized spacial score (nSPS) is 22.9. The van der Waals surface area contributed by atoms with E-state index in [4.69, 9.17) is 4.74 Å². The highest BCUT2D eigenvalue weighted by molar-refractivity contribution is 5.60. The van der Waals surface area contributed by atoms with Crippen LogP contribution in [-0.4, -0.2) is 6.61 Å². The Kier molecular flexibility index (Phi) is 2.20. The van der Waals surface area contributed by atoms with Crippen LogP contribution in [0, 0.1) is 0 Å². The third kappa shape index (κ3) is 1.44. The summed E-state index contributed by atoms with van der Waals surface area (Å²) < 4.78 is 5.91. The maximum absolute atomic E-state index is 5.91. The SMILES string of the molecule is CC(C)(C)c1ccc2c(c1)CC21COc2ccccc21. The van der Waals surface area contributed by atoms with Crippen LogP contribution in [0.25, 0.3) is 0 Å². The highest BCUT2D eigenvalue weighted by atomic mass is 16.5. The fraction of sp³-hybridized carbons (Fsp3) is 0.368. The van der Waals surface area contributed by atoms with Gasteiger partial charge in [-0.2, -0.15) is 0 Å². The molecule has 0 bridgehead atoms. The van der Waals surface area contributed by atoms with E-state index in [0.29, 0.717) is 0 Å². The maximum Gasteiger partial charge on any atom is 0.123 e. The standard InChI is InChI=1S/C19H20O/c1-18(2,3)14-8-9-15-13(10-14)11-19(15)12-20-17-7-5-4-6-16(17)19/h4-10H,11-12H2,1-3H3. The van der Waals surface area contributed by atoms with E-state index in [0.717, 1.165) is 18.8 Å². The Morgan fingerprint density at radius 2 is 1.80 bits per heavy atom. The molecule has 0 amide bonds. The first-order valence-corrected chi connectivity index (χ1v) is 7.37. The van der Waals surface area contributed by atoms with E-state index >= 15 is 0 Å². The quantitative estimate of drug-likeness (QED) is 0.692. The van der Waals surface area contributed by atoms with Crippen molar-refractivity contribution >= 4 is 0 Å². The molecule has 1 nitrogen and oxygen atoms in total. The number of benzene rings is 2. The average Bonchev–Trinajstić information content (AvgIpc) is 2.78. The molecule has 102 valence electrons. The second-order valence-corrected chi connectivity index (χ2v) is 7.17. The monoisotopic (exact) mass is 264 g/mol. The number of fused-ring (bicyclic) bond motifs is 4. The summed E-state index contributed by atoms with van der Waals surface area (Å²) in [5.74, 6) is 1.07. The minimum Gasteiger partial charge on any atom is -0.492 e. The van der Waals surface area contributed by atoms with E-state index in [1.165, 1.54) is 22.3 Å². The topological polar surface area (TPSA) is 9.23 Å². The lowest BCUT2D eigenvalue weighted by molar-refractivity contribution is 0.273. The van der Waals surface area contributed by atoms with Gasteiger partial charge in [-0.15, -0.1) is 0 Å². The van der Waals surface area contributed by atoms with Gasteiger partial charge in [-0.3, -0.25) is 0 Å². The molecular weight excluding hydrogens is 244 g/mol. The van der Waals surface area contributed by atoms with Gasteiger partial charge in [0.05, 0.1) is 5.41 Å². The van der Waals surface area contributed by atoms with Crippen LogP contribution in [0.3, 0.4) is 0 Å². The predicted molar refractivity (Wildman–Crippen MR) is 81.6 cm³/mol. The van der Waals surface area contributed by atoms with Crippen molar-refractivity contribution in [3.8, 4) is 5.75 Å². The second kappa shape index (κ2) is 3.66. The van der Waals surface area contributed by atoms with Gasteiger partial charge in [0.15, 0.2) is 0 Å². The first-order chi connectivity index (χ1) is 9.51. The Morgan fingerprint density at radius 3 is 2.55 bits per heavy atom. The Labute approximate surface area is 120 Å². The van der Waals surface area contributed by atoms with Gasteiger partial charge in [0.2, 0.25) is 0 Å². The molecule has 0 aromatic heterocycles. The molecule has 20 heavy (non-hydrogen) atoms. The molecule has 4 rings (SSSR count). The van der Waals surface area contributed by atoms with Crippen molar-refractivity contribution in [3.63, 3.8) is 0 Å². The minimum absolute atomic E-state index is 0.127. The lowest BCUT2D eigenvalue weighted by Crippen LogP contribution is -2.41. The zero-order chi connectivity index (χ0) is 14.0. The van der Waals surface area contributed by atoms with Crippen molar-refractivity contribution in [3.05, 3.63) is 64.7 Å². The largest absolute Gasteiger partial charge is 0.492 e. The Morgan fingerprint density at radius 1 is 1.00 bits per heavy atom. The molecule has 1 unspecified atom stereocenters. The smallest absolute Gasteiger partial charge is 0.123 e. The van der Waals surface area contributed by atoms with E-state index in [1.807, 2.05) is 0 Å². The summed E-state index contributed by atoms with van der Waals surface area (Å²) in [5.41, 5.74) is 6.12. The summed E-state index contributed by atoms with van der Waals surface area (Å²) in [5, 5.41) is 0. The second-order valence-electron chi connectivity index (χ2n) is 7.17. The molecule has 1 spiro atoms. The molecule has 0 saturated heterocycles. The summed E-state index contributed by atoms with van der Waals surface area (Å²) in [4.78, 5) is 0. The number of para-hydroxylation sites is 1. The zero-order valence-corrected chi connectivity index (χ0v) is 12.4. The van der Waals surface area contributed by atoms with Gasteiger partial charge in [-0.05, 0) is 34.6 Å². The van der Waals surface area contributed by atoms with Crippen molar-refractivity contribution in [2.24, 2.45) is 0 Å². The molecule has 1 aliphatic carbocycles. The third-order valence-corrected chi connectivity index (χ3v) is 4.86. The molecule has 1 heteroatoms. The van der Waals surface area contributed by atoms with Crippen LogP contribution in [0.5, 0.6) is 5.75 Å². The highest BCUT2D eigenvalue weighted by Crippen LogP contribution is 2.53. The Hall–Kier alpha value is -1.76. The molecule has 0 N–H and O–H groups in total. The fourth-order valence-corrected chi connectivity index (χ4v) is 3.62. The zero-order valence-electron chi connectivity index (χ0n) is 12.4. The van der Waals surface area contributed by atoms with Gasteiger partial charge >= 0.3 is 0 Å². The van der Waals surface area contributed by atoms with Gasteiger partial charge < -0.3 is 4.74 Å². The first kappa shape index (κ1) is 12.0. The third-order valence-electron chi connectivity index (χ3n) is 4.86. The van der Waals surface area contributed by atoms with E-state index in [9.17, 15) is 0 Å². The predicted octanol–water partition coefficient (Wildman–Crippen LogP) is 4.22. The van der Waals surface area contributed by atoms with Crippen molar-refractivity contribution < 1.29 is 4.74 Å². The summed E-state index contributed by atoms with van der Waals surface area (Å²) >= 11 is 0. The summed E-state index contributed by atoms with van der Waals surface area (Å²) in [6.07, 6.45) is 1.11. The van der Waals surface area contributed by atoms with Gasteiger partial charge in [0, 0.05) is 5.56 Å². The van der Waals surface area contributed by atoms with Crippen molar-refractivity contribution in [2.75, 3.05) is 6.61 Å². The van der Waals surface area contributed by atoms with Gasteiger partial charge in [-0.25, -0.2) is 0 Å². The number of ether oxygens (including phenoxy) is 1. The molecule has 1 aliphatic heterocycles. The molecule has 0 fully saturated rings. The van der Waals surface area contributed by atoms with Crippen LogP contribution >= 0.6 is 0 Å². The number of hydrogen-bond acceptors (Lipinski definition) is 1. The molecule has 0 saturated carbocycles. The molecule has 2 aliphatic rings. The van der Waals surface area contributed by atoms with Crippen LogP contribution in [0.2, 0.25) is 0 Å². The lowest BCUT2D eigenvalue weighted by Gasteiger charge is -2.41. The molecular formula is C19H20O. The molecule has 2 aromatic carbocycles. The van der Waals surface area contributed by atoms with E-state index in [-0.39, 0.29) is 10.8 Å². The van der Waals surface area contributed by atoms with Gasteiger partial charge in [0.25, 0.3) is 0 Å². The minimum atomic E-state index is 0.127. The van der Waals surface area contributed by atoms with Crippen LogP contribution in [0.4, 0.5) is 0 Å². The summed E-state index contributed by atoms with van der Waals surface area (Å²) in [6, 6.07) is 15.5. The molecule has 1 heterocycles. The fourth-order valence-electron chi connectivity index (χ4n) is 3.62.